The van der Waals surface area contributed by atoms with Gasteiger partial charge in [-0.05, 0) is 68.5 Å². The van der Waals surface area contributed by atoms with Crippen molar-refractivity contribution in [3.8, 4) is 0 Å². The maximum absolute atomic E-state index is 10.2. The summed E-state index contributed by atoms with van der Waals surface area (Å²) in [6.07, 6.45) is 0.905. The van der Waals surface area contributed by atoms with Crippen molar-refractivity contribution in [1.29, 1.82) is 0 Å². The Morgan fingerprint density at radius 2 is 1.67 bits per heavy atom. The van der Waals surface area contributed by atoms with Crippen molar-refractivity contribution in [2.75, 3.05) is 40.0 Å². The van der Waals surface area contributed by atoms with E-state index >= 15 is 0 Å². The Balaban J connectivity index is 1.68. The number of fused-ring (bicyclic) bond motifs is 1. The van der Waals surface area contributed by atoms with E-state index in [-0.39, 0.29) is 5.04 Å². The number of thiophene rings is 1. The number of hydrogen-bond acceptors (Lipinski definition) is 5. The first-order valence-electron chi connectivity index (χ1n) is 11.0. The molecule has 4 nitrogen and oxygen atoms in total. The minimum atomic E-state index is -1.65. The van der Waals surface area contributed by atoms with Crippen molar-refractivity contribution >= 4 is 29.7 Å². The number of ether oxygens (including phenoxy) is 1. The third-order valence-electron chi connectivity index (χ3n) is 6.08. The molecule has 1 heterocycles. The van der Waals surface area contributed by atoms with Crippen LogP contribution in [0.25, 0.3) is 10.1 Å². The van der Waals surface area contributed by atoms with Crippen molar-refractivity contribution in [2.24, 2.45) is 0 Å². The first-order chi connectivity index (χ1) is 13.8. The second-order valence-electron chi connectivity index (χ2n) is 10.3. The van der Waals surface area contributed by atoms with Crippen LogP contribution < -0.4 is 0 Å². The van der Waals surface area contributed by atoms with Crippen LogP contribution in [0.1, 0.15) is 45.1 Å². The van der Waals surface area contributed by atoms with Crippen molar-refractivity contribution in [2.45, 2.75) is 64.8 Å². The Hall–Kier alpha value is -0.763. The van der Waals surface area contributed by atoms with Gasteiger partial charge in [-0.3, -0.25) is 0 Å². The molecule has 1 aromatic carbocycles. The molecule has 0 fully saturated rings. The van der Waals surface area contributed by atoms with Gasteiger partial charge >= 0.3 is 0 Å². The lowest BCUT2D eigenvalue weighted by atomic mass is 10.1. The number of aliphatic hydroxyl groups is 1. The molecule has 0 bridgehead atoms. The first kappa shape index (κ1) is 25.5. The van der Waals surface area contributed by atoms with Crippen LogP contribution in [-0.4, -0.2) is 58.3 Å². The molecule has 170 valence electrons. The van der Waals surface area contributed by atoms with Gasteiger partial charge in [0.2, 0.25) is 0 Å². The minimum absolute atomic E-state index is 0.261. The highest BCUT2D eigenvalue weighted by Gasteiger charge is 2.36. The third-order valence-corrected chi connectivity index (χ3v) is 12.0. The van der Waals surface area contributed by atoms with Gasteiger partial charge in [-0.2, -0.15) is 0 Å². The van der Waals surface area contributed by atoms with Crippen LogP contribution in [0.5, 0.6) is 0 Å². The molecule has 0 amide bonds. The molecular weight excluding hydrogens is 410 g/mol. The van der Waals surface area contributed by atoms with E-state index in [0.29, 0.717) is 0 Å². The normalized spacial score (nSPS) is 13.5. The van der Waals surface area contributed by atoms with E-state index in [1.165, 1.54) is 15.6 Å². The van der Waals surface area contributed by atoms with Gasteiger partial charge in [0.05, 0.1) is 18.8 Å². The van der Waals surface area contributed by atoms with Crippen molar-refractivity contribution in [1.82, 2.24) is 4.90 Å². The van der Waals surface area contributed by atoms with E-state index < -0.39 is 13.9 Å². The number of nitrogens with zero attached hydrogens (tertiary/aromatic N) is 1. The number of rotatable bonds is 11. The molecule has 2 aromatic rings. The average molecular weight is 452 g/mol. The maximum Gasteiger partial charge on any atom is 0.192 e. The molecule has 6 heteroatoms. The van der Waals surface area contributed by atoms with Gasteiger partial charge < -0.3 is 19.2 Å². The summed E-state index contributed by atoms with van der Waals surface area (Å²) in [6.45, 7) is 19.2. The molecule has 0 spiro atoms. The van der Waals surface area contributed by atoms with Crippen LogP contribution in [0.4, 0.5) is 0 Å². The molecule has 0 atom stereocenters. The number of likely N-dealkylation sites (N-methyl/N-ethyl adjacent to an activating group) is 1. The summed E-state index contributed by atoms with van der Waals surface area (Å²) < 4.78 is 13.3. The van der Waals surface area contributed by atoms with E-state index in [1.54, 1.807) is 11.3 Å². The van der Waals surface area contributed by atoms with Crippen molar-refractivity contribution < 1.29 is 14.3 Å². The van der Waals surface area contributed by atoms with Gasteiger partial charge in [0.15, 0.2) is 8.32 Å². The largest absolute Gasteiger partial charge is 0.416 e. The summed E-state index contributed by atoms with van der Waals surface area (Å²) in [5.41, 5.74) is 0.494. The topological polar surface area (TPSA) is 41.9 Å². The van der Waals surface area contributed by atoms with E-state index in [1.807, 2.05) is 13.8 Å². The van der Waals surface area contributed by atoms with Crippen LogP contribution in [0.15, 0.2) is 24.3 Å². The first-order valence-corrected chi connectivity index (χ1v) is 14.7. The lowest BCUT2D eigenvalue weighted by Gasteiger charge is -2.36. The van der Waals surface area contributed by atoms with Crippen LogP contribution in [0.2, 0.25) is 18.1 Å². The van der Waals surface area contributed by atoms with E-state index in [9.17, 15) is 5.11 Å². The van der Waals surface area contributed by atoms with Crippen molar-refractivity contribution in [3.63, 3.8) is 0 Å². The Labute approximate surface area is 188 Å². The minimum Gasteiger partial charge on any atom is -0.416 e. The van der Waals surface area contributed by atoms with E-state index in [4.69, 9.17) is 9.16 Å². The number of benzene rings is 1. The lowest BCUT2D eigenvalue weighted by molar-refractivity contribution is 0.0826. The molecular formula is C24H41NO3SSi. The molecule has 0 aliphatic rings. The zero-order chi connectivity index (χ0) is 22.6. The Morgan fingerprint density at radius 1 is 1.00 bits per heavy atom. The summed E-state index contributed by atoms with van der Waals surface area (Å²) in [4.78, 5) is 3.29. The quantitative estimate of drug-likeness (QED) is 0.354. The molecule has 2 rings (SSSR count). The maximum atomic E-state index is 10.2. The van der Waals surface area contributed by atoms with Gasteiger partial charge in [0.25, 0.3) is 0 Å². The summed E-state index contributed by atoms with van der Waals surface area (Å²) in [5, 5.41) is 11.7. The smallest absolute Gasteiger partial charge is 0.192 e. The summed E-state index contributed by atoms with van der Waals surface area (Å²) in [6, 6.07) is 8.64. The van der Waals surface area contributed by atoms with Crippen LogP contribution in [0.3, 0.4) is 0 Å². The Morgan fingerprint density at radius 3 is 2.30 bits per heavy atom. The predicted molar refractivity (Wildman–Crippen MR) is 132 cm³/mol. The molecule has 0 aliphatic heterocycles. The fraction of sp³-hybridized carbons (Fsp3) is 0.667. The highest BCUT2D eigenvalue weighted by Crippen LogP contribution is 2.36. The predicted octanol–water partition coefficient (Wildman–Crippen LogP) is 5.64. The molecule has 0 saturated carbocycles. The zero-order valence-corrected chi connectivity index (χ0v) is 22.0. The van der Waals surface area contributed by atoms with Crippen LogP contribution >= 0.6 is 11.3 Å². The van der Waals surface area contributed by atoms with E-state index in [0.717, 1.165) is 44.2 Å². The second kappa shape index (κ2) is 10.2. The molecule has 30 heavy (non-hydrogen) atoms. The fourth-order valence-corrected chi connectivity index (χ4v) is 4.93. The zero-order valence-electron chi connectivity index (χ0n) is 20.2. The fourth-order valence-electron chi connectivity index (χ4n) is 2.85. The highest BCUT2D eigenvalue weighted by atomic mass is 32.1. The average Bonchev–Trinajstić information content (AvgIpc) is 3.04. The molecule has 1 N–H and O–H groups in total. The van der Waals surface area contributed by atoms with Crippen molar-refractivity contribution in [3.05, 3.63) is 34.7 Å². The van der Waals surface area contributed by atoms with Crippen LogP contribution in [-0.2, 0) is 21.2 Å². The Bertz CT molecular complexity index is 805. The van der Waals surface area contributed by atoms with E-state index in [2.05, 4.69) is 70.1 Å². The van der Waals surface area contributed by atoms with Crippen LogP contribution in [0, 0.1) is 0 Å². The lowest BCUT2D eigenvalue weighted by Crippen LogP contribution is -2.42. The van der Waals surface area contributed by atoms with Gasteiger partial charge in [0, 0.05) is 29.3 Å². The Kier molecular flexibility index (Phi) is 8.70. The van der Waals surface area contributed by atoms with Gasteiger partial charge in [-0.25, -0.2) is 0 Å². The standard InChI is InChI=1S/C24H41NO3SSi/c1-23(2,3)30(7,8)28-16-13-25(6)12-15-27-14-11-19-9-10-21-20(17-19)18-22(29-21)24(4,5)26/h9-10,17-18,26H,11-16H2,1-8H3. The third kappa shape index (κ3) is 7.43. The van der Waals surface area contributed by atoms with Gasteiger partial charge in [-0.15, -0.1) is 11.3 Å². The summed E-state index contributed by atoms with van der Waals surface area (Å²) in [7, 11) is 0.475. The molecule has 1 aromatic heterocycles. The van der Waals surface area contributed by atoms with Gasteiger partial charge in [-0.1, -0.05) is 32.9 Å². The molecule has 0 radical (unpaired) electrons. The SMILES string of the molecule is CN(CCOCCc1ccc2sc(C(C)(C)O)cc2c1)CCO[Si](C)(C)C(C)(C)C. The molecule has 0 aliphatic carbocycles. The van der Waals surface area contributed by atoms with Gasteiger partial charge in [0.1, 0.15) is 0 Å². The number of hydrogen-bond donors (Lipinski definition) is 1. The second-order valence-corrected chi connectivity index (χ2v) is 16.2. The summed E-state index contributed by atoms with van der Waals surface area (Å²) >= 11 is 1.66. The highest BCUT2D eigenvalue weighted by molar-refractivity contribution is 7.19. The monoisotopic (exact) mass is 451 g/mol. The summed E-state index contributed by atoms with van der Waals surface area (Å²) in [5.74, 6) is 0. The molecule has 0 unspecified atom stereocenters. The molecule has 0 saturated heterocycles.